The predicted octanol–water partition coefficient (Wildman–Crippen LogP) is 1.14. The van der Waals surface area contributed by atoms with Crippen LogP contribution in [0.1, 0.15) is 21.6 Å². The molecule has 2 heterocycles. The van der Waals surface area contributed by atoms with Crippen LogP contribution in [-0.2, 0) is 6.42 Å². The SMILES string of the molecule is NC(=O)c1ccc(CC=c2[nH][nH]c(=O)c2=Cc2cc3ccccc3[nH]2)cc1. The lowest BCUT2D eigenvalue weighted by molar-refractivity contribution is 0.100. The molecule has 0 aliphatic rings. The third kappa shape index (κ3) is 3.46. The fraction of sp³-hybridized carbons (Fsp3) is 0.0476. The van der Waals surface area contributed by atoms with Crippen LogP contribution in [0.4, 0.5) is 0 Å². The van der Waals surface area contributed by atoms with E-state index in [-0.39, 0.29) is 5.56 Å². The molecule has 0 bridgehead atoms. The van der Waals surface area contributed by atoms with Gasteiger partial charge in [0.05, 0.1) is 10.6 Å². The number of para-hydroxylation sites is 1. The van der Waals surface area contributed by atoms with Gasteiger partial charge in [-0.1, -0.05) is 36.4 Å². The molecule has 0 fully saturated rings. The maximum atomic E-state index is 12.2. The largest absolute Gasteiger partial charge is 0.366 e. The van der Waals surface area contributed by atoms with Crippen molar-refractivity contribution in [3.05, 3.63) is 92.3 Å². The number of primary amides is 1. The second-order valence-electron chi connectivity index (χ2n) is 6.33. The van der Waals surface area contributed by atoms with Gasteiger partial charge >= 0.3 is 0 Å². The maximum Gasteiger partial charge on any atom is 0.271 e. The summed E-state index contributed by atoms with van der Waals surface area (Å²) in [5.74, 6) is -0.448. The molecule has 134 valence electrons. The van der Waals surface area contributed by atoms with E-state index in [2.05, 4.69) is 15.2 Å². The molecule has 0 unspecified atom stereocenters. The van der Waals surface area contributed by atoms with Gasteiger partial charge in [0, 0.05) is 16.8 Å². The van der Waals surface area contributed by atoms with Crippen molar-refractivity contribution in [2.75, 3.05) is 0 Å². The summed E-state index contributed by atoms with van der Waals surface area (Å²) in [5, 5.41) is 7.93. The van der Waals surface area contributed by atoms with Gasteiger partial charge in [-0.25, -0.2) is 0 Å². The molecule has 4 rings (SSSR count). The van der Waals surface area contributed by atoms with Crippen molar-refractivity contribution in [2.24, 2.45) is 5.73 Å². The molecule has 1 amide bonds. The van der Waals surface area contributed by atoms with Crippen LogP contribution in [0.25, 0.3) is 23.1 Å². The zero-order valence-corrected chi connectivity index (χ0v) is 14.5. The van der Waals surface area contributed by atoms with Gasteiger partial charge in [0.1, 0.15) is 0 Å². The highest BCUT2D eigenvalue weighted by Gasteiger charge is 2.01. The van der Waals surface area contributed by atoms with E-state index in [0.29, 0.717) is 17.2 Å². The van der Waals surface area contributed by atoms with Gasteiger partial charge in [-0.05, 0) is 47.7 Å². The van der Waals surface area contributed by atoms with E-state index in [1.807, 2.05) is 54.6 Å². The molecule has 2 aromatic heterocycles. The van der Waals surface area contributed by atoms with Crippen molar-refractivity contribution in [3.63, 3.8) is 0 Å². The van der Waals surface area contributed by atoms with Gasteiger partial charge in [-0.2, -0.15) is 0 Å². The van der Waals surface area contributed by atoms with Gasteiger partial charge in [-0.3, -0.25) is 19.8 Å². The number of hydrogen-bond acceptors (Lipinski definition) is 2. The molecule has 6 heteroatoms. The molecule has 0 aliphatic carbocycles. The number of fused-ring (bicyclic) bond motifs is 1. The van der Waals surface area contributed by atoms with Crippen LogP contribution in [0.15, 0.2) is 59.4 Å². The number of nitrogens with one attached hydrogen (secondary N) is 3. The number of hydrogen-bond donors (Lipinski definition) is 4. The number of rotatable bonds is 4. The monoisotopic (exact) mass is 358 g/mol. The van der Waals surface area contributed by atoms with Gasteiger partial charge in [0.2, 0.25) is 5.91 Å². The topological polar surface area (TPSA) is 108 Å². The summed E-state index contributed by atoms with van der Waals surface area (Å²) in [6.07, 6.45) is 4.38. The van der Waals surface area contributed by atoms with Gasteiger partial charge in [-0.15, -0.1) is 0 Å². The van der Waals surface area contributed by atoms with Gasteiger partial charge in [0.15, 0.2) is 0 Å². The number of aromatic amines is 3. The Hall–Kier alpha value is -3.80. The van der Waals surface area contributed by atoms with Crippen LogP contribution in [-0.4, -0.2) is 21.1 Å². The summed E-state index contributed by atoms with van der Waals surface area (Å²) in [4.78, 5) is 26.6. The fourth-order valence-electron chi connectivity index (χ4n) is 3.04. The van der Waals surface area contributed by atoms with E-state index in [9.17, 15) is 9.59 Å². The quantitative estimate of drug-likeness (QED) is 0.439. The Labute approximate surface area is 154 Å². The Morgan fingerprint density at radius 2 is 1.81 bits per heavy atom. The van der Waals surface area contributed by atoms with E-state index in [1.165, 1.54) is 0 Å². The standard InChI is InChI=1S/C21H18N4O2/c22-20(26)14-8-5-13(6-9-14)7-10-19-17(21(27)25-24-19)12-16-11-15-3-1-2-4-18(15)23-16/h1-6,8-12,23-24H,7H2,(H2,22,26)(H,25,27). The lowest BCUT2D eigenvalue weighted by Crippen LogP contribution is -2.33. The number of benzene rings is 2. The average molecular weight is 358 g/mol. The van der Waals surface area contributed by atoms with Crippen molar-refractivity contribution in [1.82, 2.24) is 15.2 Å². The Morgan fingerprint density at radius 1 is 1.04 bits per heavy atom. The van der Waals surface area contributed by atoms with Crippen molar-refractivity contribution in [2.45, 2.75) is 6.42 Å². The van der Waals surface area contributed by atoms with Gasteiger partial charge < -0.3 is 10.7 Å². The first kappa shape index (κ1) is 16.7. The van der Waals surface area contributed by atoms with Crippen molar-refractivity contribution >= 4 is 29.0 Å². The lowest BCUT2D eigenvalue weighted by Gasteiger charge is -1.98. The minimum Gasteiger partial charge on any atom is -0.366 e. The minimum atomic E-state index is -0.448. The number of H-pyrrole nitrogens is 3. The number of carbonyl (C=O) groups is 1. The Kier molecular flexibility index (Phi) is 4.22. The molecule has 2 aromatic carbocycles. The fourth-order valence-corrected chi connectivity index (χ4v) is 3.04. The third-order valence-corrected chi connectivity index (χ3v) is 4.48. The Bertz CT molecular complexity index is 1260. The van der Waals surface area contributed by atoms with Gasteiger partial charge in [0.25, 0.3) is 5.56 Å². The first-order valence-electron chi connectivity index (χ1n) is 8.55. The number of carbonyl (C=O) groups excluding carboxylic acids is 1. The molecule has 27 heavy (non-hydrogen) atoms. The van der Waals surface area contributed by atoms with Crippen LogP contribution in [0.2, 0.25) is 0 Å². The van der Waals surface area contributed by atoms with E-state index in [0.717, 1.165) is 27.5 Å². The summed E-state index contributed by atoms with van der Waals surface area (Å²) in [7, 11) is 0. The molecular weight excluding hydrogens is 340 g/mol. The van der Waals surface area contributed by atoms with Crippen LogP contribution < -0.4 is 21.9 Å². The molecule has 0 saturated carbocycles. The molecular formula is C21H18N4O2. The highest BCUT2D eigenvalue weighted by Crippen LogP contribution is 2.14. The predicted molar refractivity (Wildman–Crippen MR) is 106 cm³/mol. The molecule has 0 atom stereocenters. The zero-order chi connectivity index (χ0) is 18.8. The number of amides is 1. The number of nitrogens with two attached hydrogens (primary N) is 1. The van der Waals surface area contributed by atoms with Crippen LogP contribution in [0.5, 0.6) is 0 Å². The zero-order valence-electron chi connectivity index (χ0n) is 14.5. The maximum absolute atomic E-state index is 12.2. The highest BCUT2D eigenvalue weighted by molar-refractivity contribution is 5.92. The van der Waals surface area contributed by atoms with E-state index < -0.39 is 5.91 Å². The Balaban J connectivity index is 1.69. The minimum absolute atomic E-state index is 0.177. The van der Waals surface area contributed by atoms with Crippen LogP contribution in [0.3, 0.4) is 0 Å². The van der Waals surface area contributed by atoms with E-state index in [1.54, 1.807) is 12.1 Å². The summed E-state index contributed by atoms with van der Waals surface area (Å²) in [6, 6.07) is 17.1. The number of aromatic nitrogens is 3. The molecule has 0 saturated heterocycles. The van der Waals surface area contributed by atoms with E-state index >= 15 is 0 Å². The van der Waals surface area contributed by atoms with Crippen molar-refractivity contribution < 1.29 is 4.79 Å². The summed E-state index contributed by atoms with van der Waals surface area (Å²) < 4.78 is 0. The highest BCUT2D eigenvalue weighted by atomic mass is 16.1. The normalized spacial score (nSPS) is 12.7. The molecule has 6 nitrogen and oxygen atoms in total. The summed E-state index contributed by atoms with van der Waals surface area (Å²) in [6.45, 7) is 0. The molecule has 5 N–H and O–H groups in total. The lowest BCUT2D eigenvalue weighted by atomic mass is 10.1. The van der Waals surface area contributed by atoms with Crippen LogP contribution >= 0.6 is 0 Å². The molecule has 4 aromatic rings. The van der Waals surface area contributed by atoms with E-state index in [4.69, 9.17) is 5.73 Å². The molecule has 0 aliphatic heterocycles. The van der Waals surface area contributed by atoms with Crippen molar-refractivity contribution in [3.8, 4) is 0 Å². The van der Waals surface area contributed by atoms with Crippen molar-refractivity contribution in [1.29, 1.82) is 0 Å². The second-order valence-corrected chi connectivity index (χ2v) is 6.33. The van der Waals surface area contributed by atoms with Crippen LogP contribution in [0, 0.1) is 0 Å². The Morgan fingerprint density at radius 3 is 2.56 bits per heavy atom. The molecule has 0 radical (unpaired) electrons. The second kappa shape index (κ2) is 6.84. The summed E-state index contributed by atoms with van der Waals surface area (Å²) in [5.41, 5.74) is 8.45. The average Bonchev–Trinajstić information content (AvgIpc) is 3.24. The first-order valence-corrected chi connectivity index (χ1v) is 8.55. The molecule has 0 spiro atoms. The third-order valence-electron chi connectivity index (χ3n) is 4.48. The smallest absolute Gasteiger partial charge is 0.271 e. The summed E-state index contributed by atoms with van der Waals surface area (Å²) >= 11 is 0. The first-order chi connectivity index (χ1) is 13.1.